The molecule has 0 bridgehead atoms. The van der Waals surface area contributed by atoms with Gasteiger partial charge in [-0.15, -0.1) is 0 Å². The molecule has 0 aromatic heterocycles. The summed E-state index contributed by atoms with van der Waals surface area (Å²) in [6, 6.07) is 13.3. The molecule has 180 valence electrons. The van der Waals surface area contributed by atoms with Crippen molar-refractivity contribution in [3.8, 4) is 5.75 Å². The van der Waals surface area contributed by atoms with E-state index >= 15 is 0 Å². The standard InChI is InChI=1S/C24H30F2N2O4S/c1-2-17-33(30,31)28-15-12-24(13-16-28,19-7-4-3-5-8-19)11-14-27-23(29)22-20(26)9-6-10-21(22)32-18-25/h3-10H,2,11-18H2,1H3,(H,27,29)/i26-1/hD. The van der Waals surface area contributed by atoms with Gasteiger partial charge in [0.1, 0.15) is 17.1 Å². The number of alkyl halides is 1. The molecule has 1 N–H and O–H groups in total. The van der Waals surface area contributed by atoms with Crippen molar-refractivity contribution in [2.75, 3.05) is 32.2 Å². The molecule has 1 aliphatic rings. The van der Waals surface area contributed by atoms with Crippen LogP contribution in [0.25, 0.3) is 0 Å². The first-order chi connectivity index (χ1) is 16.2. The zero-order valence-corrected chi connectivity index (χ0v) is 19.5. The molecule has 3 rings (SSSR count). The van der Waals surface area contributed by atoms with Crippen LogP contribution < -0.4 is 10.0 Å². The SMILES string of the molecule is [2H]N(CCC1(c2ccccc2)CCN(S(=O)(=O)CCC)CC1)C(=O)c1c([18F])cccc1OCF. The molecular formula is C24H30F2N2O4S. The van der Waals surface area contributed by atoms with Crippen LogP contribution in [0.15, 0.2) is 48.5 Å². The van der Waals surface area contributed by atoms with Crippen LogP contribution in [0.3, 0.4) is 0 Å². The number of piperidine rings is 1. The van der Waals surface area contributed by atoms with Crippen LogP contribution in [0.4, 0.5) is 8.78 Å². The third kappa shape index (κ3) is 5.89. The lowest BCUT2D eigenvalue weighted by molar-refractivity contribution is 0.0935. The minimum absolute atomic E-state index is 0.0150. The number of ether oxygens (including phenoxy) is 1. The molecule has 1 fully saturated rings. The number of nitrogens with zero attached hydrogens (tertiary/aromatic N) is 1. The van der Waals surface area contributed by atoms with Crippen molar-refractivity contribution in [2.45, 2.75) is 38.0 Å². The maximum absolute atomic E-state index is 14.3. The van der Waals surface area contributed by atoms with Gasteiger partial charge in [0.05, 0.1) is 5.75 Å². The number of carbonyl (C=O) groups is 1. The molecule has 0 radical (unpaired) electrons. The lowest BCUT2D eigenvalue weighted by Gasteiger charge is -2.42. The van der Waals surface area contributed by atoms with Crippen LogP contribution in [-0.4, -0.2) is 50.9 Å². The zero-order chi connectivity index (χ0) is 24.8. The van der Waals surface area contributed by atoms with E-state index in [-0.39, 0.29) is 18.0 Å². The van der Waals surface area contributed by atoms with E-state index in [2.05, 4.69) is 0 Å². The fraction of sp³-hybridized carbons (Fsp3) is 0.458. The molecule has 2 aromatic rings. The number of hydrogen-bond donors (Lipinski definition) is 1. The summed E-state index contributed by atoms with van der Waals surface area (Å²) in [7, 11) is -3.32. The summed E-state index contributed by atoms with van der Waals surface area (Å²) in [4.78, 5) is 12.8. The molecule has 1 saturated heterocycles. The van der Waals surface area contributed by atoms with Gasteiger partial charge >= 0.3 is 0 Å². The number of nitrogens with one attached hydrogen (secondary N) is 1. The van der Waals surface area contributed by atoms with E-state index in [0.717, 1.165) is 11.6 Å². The number of halogens is 2. The van der Waals surface area contributed by atoms with Crippen LogP contribution in [0.5, 0.6) is 5.75 Å². The first-order valence-corrected chi connectivity index (χ1v) is 12.7. The number of rotatable bonds is 10. The Kier molecular flexibility index (Phi) is 7.93. The van der Waals surface area contributed by atoms with E-state index in [4.69, 9.17) is 6.15 Å². The number of sulfonamides is 1. The van der Waals surface area contributed by atoms with E-state index < -0.39 is 39.6 Å². The second kappa shape index (κ2) is 11.1. The van der Waals surface area contributed by atoms with Gasteiger partial charge in [-0.05, 0) is 48.8 Å². The van der Waals surface area contributed by atoms with Crippen molar-refractivity contribution in [3.05, 3.63) is 65.5 Å². The molecule has 1 aliphatic heterocycles. The molecule has 0 atom stereocenters. The van der Waals surface area contributed by atoms with Crippen molar-refractivity contribution in [1.82, 2.24) is 9.62 Å². The average Bonchev–Trinajstić information content (AvgIpc) is 2.83. The molecule has 2 aromatic carbocycles. The van der Waals surface area contributed by atoms with Crippen LogP contribution in [0, 0.1) is 5.82 Å². The molecule has 0 spiro atoms. The summed E-state index contributed by atoms with van der Waals surface area (Å²) >= 11 is 0. The van der Waals surface area contributed by atoms with E-state index in [9.17, 15) is 22.0 Å². The lowest BCUT2D eigenvalue weighted by Crippen LogP contribution is -2.47. The second-order valence-corrected chi connectivity index (χ2v) is 10.3. The summed E-state index contributed by atoms with van der Waals surface area (Å²) < 4.78 is 66.6. The fourth-order valence-electron chi connectivity index (χ4n) is 4.40. The van der Waals surface area contributed by atoms with E-state index in [1.165, 1.54) is 16.4 Å². The van der Waals surface area contributed by atoms with E-state index in [1.807, 2.05) is 37.3 Å². The largest absolute Gasteiger partial charge is 0.462 e. The van der Waals surface area contributed by atoms with Gasteiger partial charge in [0.15, 0.2) is 1.41 Å². The molecule has 1 amide bonds. The van der Waals surface area contributed by atoms with E-state index in [0.29, 0.717) is 44.1 Å². The topological polar surface area (TPSA) is 75.7 Å². The third-order valence-electron chi connectivity index (χ3n) is 6.17. The fourth-order valence-corrected chi connectivity index (χ4v) is 5.91. The van der Waals surface area contributed by atoms with Gasteiger partial charge in [0, 0.05) is 19.6 Å². The Bertz CT molecular complexity index is 1080. The van der Waals surface area contributed by atoms with Crippen molar-refractivity contribution in [2.24, 2.45) is 0 Å². The van der Waals surface area contributed by atoms with Gasteiger partial charge in [0.2, 0.25) is 16.9 Å². The highest BCUT2D eigenvalue weighted by atomic mass is 32.2. The van der Waals surface area contributed by atoms with Gasteiger partial charge in [-0.2, -0.15) is 0 Å². The van der Waals surface area contributed by atoms with Gasteiger partial charge in [-0.25, -0.2) is 21.5 Å². The van der Waals surface area contributed by atoms with Crippen LogP contribution in [-0.2, 0) is 15.4 Å². The highest BCUT2D eigenvalue weighted by Gasteiger charge is 2.38. The van der Waals surface area contributed by atoms with Crippen molar-refractivity contribution < 1.29 is 28.1 Å². The molecule has 0 aliphatic carbocycles. The van der Waals surface area contributed by atoms with Crippen molar-refractivity contribution in [3.63, 3.8) is 0 Å². The summed E-state index contributed by atoms with van der Waals surface area (Å²) in [6.45, 7) is 1.29. The second-order valence-electron chi connectivity index (χ2n) is 8.16. The molecule has 9 heteroatoms. The average molecular weight is 481 g/mol. The third-order valence-corrected chi connectivity index (χ3v) is 8.24. The maximum atomic E-state index is 14.3. The quantitative estimate of drug-likeness (QED) is 0.557. The minimum atomic E-state index is -3.32. The van der Waals surface area contributed by atoms with Gasteiger partial charge in [-0.1, -0.05) is 43.3 Å². The number of amides is 1. The smallest absolute Gasteiger partial charge is 0.258 e. The van der Waals surface area contributed by atoms with Gasteiger partial charge < -0.3 is 10.0 Å². The first kappa shape index (κ1) is 23.6. The molecular weight excluding hydrogens is 449 g/mol. The van der Waals surface area contributed by atoms with Crippen LogP contribution in [0.1, 0.15) is 48.5 Å². The predicted octanol–water partition coefficient (Wildman–Crippen LogP) is 4.03. The Morgan fingerprint density at radius 2 is 1.88 bits per heavy atom. The van der Waals surface area contributed by atoms with E-state index in [1.54, 1.807) is 0 Å². The number of hydrogen-bond acceptors (Lipinski definition) is 4. The predicted molar refractivity (Wildman–Crippen MR) is 123 cm³/mol. The lowest BCUT2D eigenvalue weighted by atomic mass is 9.71. The number of benzene rings is 2. The molecule has 1 heterocycles. The normalized spacial score (nSPS) is 16.8. The monoisotopic (exact) mass is 480 g/mol. The Labute approximate surface area is 195 Å². The van der Waals surface area contributed by atoms with Crippen LogP contribution >= 0.6 is 0 Å². The van der Waals surface area contributed by atoms with Gasteiger partial charge in [-0.3, -0.25) is 4.79 Å². The Balaban J connectivity index is 1.79. The van der Waals surface area contributed by atoms with Crippen molar-refractivity contribution >= 4 is 15.9 Å². The first-order valence-electron chi connectivity index (χ1n) is 11.5. The molecule has 0 unspecified atom stereocenters. The van der Waals surface area contributed by atoms with Crippen molar-refractivity contribution in [1.29, 1.82) is 0 Å². The minimum Gasteiger partial charge on any atom is -0.462 e. The molecule has 6 nitrogen and oxygen atoms in total. The summed E-state index contributed by atoms with van der Waals surface area (Å²) in [5, 5.41) is 0.661. The maximum Gasteiger partial charge on any atom is 0.258 e. The summed E-state index contributed by atoms with van der Waals surface area (Å²) in [5.74, 6) is -1.96. The Morgan fingerprint density at radius 3 is 2.52 bits per heavy atom. The highest BCUT2D eigenvalue weighted by Crippen LogP contribution is 2.39. The van der Waals surface area contributed by atoms with Crippen LogP contribution in [0.2, 0.25) is 1.41 Å². The molecule has 0 saturated carbocycles. The summed E-state index contributed by atoms with van der Waals surface area (Å²) in [6.07, 6.45) is 2.01. The Morgan fingerprint density at radius 1 is 1.18 bits per heavy atom. The summed E-state index contributed by atoms with van der Waals surface area (Å²) in [5.41, 5.74) is 0.0900. The number of carbonyl (C=O) groups excluding carboxylic acids is 1. The zero-order valence-electron chi connectivity index (χ0n) is 19.7. The highest BCUT2D eigenvalue weighted by molar-refractivity contribution is 7.89. The van der Waals surface area contributed by atoms with Gasteiger partial charge in [0.25, 0.3) is 5.91 Å². The Hall–Kier alpha value is -2.52. The molecule has 33 heavy (non-hydrogen) atoms.